The van der Waals surface area contributed by atoms with E-state index in [1.165, 1.54) is 0 Å². The molecule has 0 aliphatic carbocycles. The van der Waals surface area contributed by atoms with Gasteiger partial charge in [-0.05, 0) is 50.0 Å². The van der Waals surface area contributed by atoms with Gasteiger partial charge in [0.05, 0.1) is 11.9 Å². The summed E-state index contributed by atoms with van der Waals surface area (Å²) in [5.41, 5.74) is 7.59. The molecule has 0 aliphatic heterocycles. The largest absolute Gasteiger partial charge is 0.491 e. The fourth-order valence-electron chi connectivity index (χ4n) is 4.32. The molecule has 178 valence electrons. The topological polar surface area (TPSA) is 95.6 Å². The van der Waals surface area contributed by atoms with Gasteiger partial charge in [0.15, 0.2) is 5.65 Å². The van der Waals surface area contributed by atoms with Gasteiger partial charge in [-0.3, -0.25) is 15.1 Å². The van der Waals surface area contributed by atoms with Gasteiger partial charge in [0.1, 0.15) is 18.1 Å². The van der Waals surface area contributed by atoms with E-state index < -0.39 is 0 Å². The molecule has 0 spiro atoms. The number of fused-ring (bicyclic) bond motifs is 2. The van der Waals surface area contributed by atoms with Crippen molar-refractivity contribution in [3.05, 3.63) is 79.5 Å². The van der Waals surface area contributed by atoms with E-state index in [1.807, 2.05) is 50.9 Å². The Balaban J connectivity index is 1.38. The second-order valence-electron chi connectivity index (χ2n) is 8.94. The van der Waals surface area contributed by atoms with Crippen molar-refractivity contribution in [3.8, 4) is 39.4 Å². The lowest BCUT2D eigenvalue weighted by molar-refractivity contribution is 0.261. The van der Waals surface area contributed by atoms with Crippen molar-refractivity contribution in [2.45, 2.75) is 0 Å². The van der Waals surface area contributed by atoms with Crippen LogP contribution in [-0.4, -0.2) is 62.3 Å². The fourth-order valence-corrected chi connectivity index (χ4v) is 4.32. The monoisotopic (exact) mass is 475 g/mol. The van der Waals surface area contributed by atoms with Crippen molar-refractivity contribution in [1.82, 2.24) is 35.0 Å². The first kappa shape index (κ1) is 21.9. The van der Waals surface area contributed by atoms with Crippen molar-refractivity contribution in [1.29, 1.82) is 0 Å². The zero-order valence-electron chi connectivity index (χ0n) is 20.1. The van der Waals surface area contributed by atoms with Gasteiger partial charge in [0.25, 0.3) is 0 Å². The summed E-state index contributed by atoms with van der Waals surface area (Å²) >= 11 is 0. The Hall–Kier alpha value is -4.56. The van der Waals surface area contributed by atoms with Gasteiger partial charge in [-0.1, -0.05) is 18.2 Å². The molecule has 1 aromatic carbocycles. The van der Waals surface area contributed by atoms with E-state index >= 15 is 0 Å². The predicted octanol–water partition coefficient (Wildman–Crippen LogP) is 5.17. The molecule has 0 fully saturated rings. The van der Waals surface area contributed by atoms with Crippen molar-refractivity contribution in [3.63, 3.8) is 0 Å². The first-order valence-corrected chi connectivity index (χ1v) is 11.8. The summed E-state index contributed by atoms with van der Waals surface area (Å²) in [6.07, 6.45) is 9.06. The Morgan fingerprint density at radius 3 is 2.61 bits per heavy atom. The Bertz CT molecular complexity index is 1650. The molecular formula is C28H25N7O. The number of benzene rings is 1. The van der Waals surface area contributed by atoms with Gasteiger partial charge < -0.3 is 14.6 Å². The zero-order chi connectivity index (χ0) is 24.5. The number of rotatable bonds is 7. The number of aromatic amines is 2. The van der Waals surface area contributed by atoms with Gasteiger partial charge in [-0.2, -0.15) is 5.10 Å². The lowest BCUT2D eigenvalue weighted by Gasteiger charge is -2.11. The number of nitrogens with one attached hydrogen (secondary N) is 2. The maximum atomic E-state index is 5.87. The summed E-state index contributed by atoms with van der Waals surface area (Å²) in [7, 11) is 4.04. The molecule has 6 aromatic rings. The molecule has 0 bridgehead atoms. The minimum Gasteiger partial charge on any atom is -0.491 e. The number of ether oxygens (including phenoxy) is 1. The van der Waals surface area contributed by atoms with Gasteiger partial charge in [-0.25, -0.2) is 4.98 Å². The third kappa shape index (κ3) is 4.18. The van der Waals surface area contributed by atoms with Crippen LogP contribution in [0.4, 0.5) is 0 Å². The van der Waals surface area contributed by atoms with Crippen LogP contribution >= 0.6 is 0 Å². The van der Waals surface area contributed by atoms with Crippen molar-refractivity contribution in [2.75, 3.05) is 27.2 Å². The number of hydrogen-bond donors (Lipinski definition) is 2. The van der Waals surface area contributed by atoms with Crippen LogP contribution in [0.15, 0.2) is 79.5 Å². The molecule has 0 saturated heterocycles. The molecule has 6 rings (SSSR count). The summed E-state index contributed by atoms with van der Waals surface area (Å²) < 4.78 is 5.87. The van der Waals surface area contributed by atoms with Crippen LogP contribution in [0.1, 0.15) is 0 Å². The van der Waals surface area contributed by atoms with Crippen LogP contribution in [0, 0.1) is 0 Å². The molecule has 0 atom stereocenters. The minimum atomic E-state index is 0.600. The third-order valence-electron chi connectivity index (χ3n) is 6.16. The molecule has 5 aromatic heterocycles. The second kappa shape index (κ2) is 9.24. The number of pyridine rings is 3. The zero-order valence-corrected chi connectivity index (χ0v) is 20.1. The van der Waals surface area contributed by atoms with E-state index in [0.717, 1.165) is 67.9 Å². The van der Waals surface area contributed by atoms with Crippen molar-refractivity contribution >= 4 is 21.9 Å². The Kier molecular flexibility index (Phi) is 5.63. The Morgan fingerprint density at radius 2 is 1.75 bits per heavy atom. The van der Waals surface area contributed by atoms with Crippen molar-refractivity contribution < 1.29 is 4.74 Å². The molecule has 36 heavy (non-hydrogen) atoms. The van der Waals surface area contributed by atoms with E-state index in [1.54, 1.807) is 12.4 Å². The second-order valence-corrected chi connectivity index (χ2v) is 8.94. The van der Waals surface area contributed by atoms with Crippen LogP contribution < -0.4 is 4.74 Å². The van der Waals surface area contributed by atoms with E-state index in [-0.39, 0.29) is 0 Å². The van der Waals surface area contributed by atoms with Crippen LogP contribution in [-0.2, 0) is 0 Å². The smallest absolute Gasteiger partial charge is 0.155 e. The fraction of sp³-hybridized carbons (Fsp3) is 0.143. The average Bonchev–Trinajstić information content (AvgIpc) is 3.53. The van der Waals surface area contributed by atoms with Gasteiger partial charge >= 0.3 is 0 Å². The highest BCUT2D eigenvalue weighted by atomic mass is 16.5. The van der Waals surface area contributed by atoms with Gasteiger partial charge in [-0.15, -0.1) is 0 Å². The number of aromatic nitrogens is 6. The lowest BCUT2D eigenvalue weighted by Crippen LogP contribution is -2.19. The third-order valence-corrected chi connectivity index (χ3v) is 6.16. The van der Waals surface area contributed by atoms with E-state index in [9.17, 15) is 0 Å². The van der Waals surface area contributed by atoms with Crippen LogP contribution in [0.3, 0.4) is 0 Å². The highest BCUT2D eigenvalue weighted by Crippen LogP contribution is 2.34. The summed E-state index contributed by atoms with van der Waals surface area (Å²) in [6, 6.07) is 16.5. The summed E-state index contributed by atoms with van der Waals surface area (Å²) in [5.74, 6) is 0.736. The maximum Gasteiger partial charge on any atom is 0.155 e. The normalized spacial score (nSPS) is 11.5. The van der Waals surface area contributed by atoms with E-state index in [0.29, 0.717) is 6.61 Å². The molecule has 5 heterocycles. The highest BCUT2D eigenvalue weighted by Gasteiger charge is 2.15. The van der Waals surface area contributed by atoms with E-state index in [4.69, 9.17) is 4.74 Å². The minimum absolute atomic E-state index is 0.600. The molecule has 8 nitrogen and oxygen atoms in total. The Morgan fingerprint density at radius 1 is 0.861 bits per heavy atom. The molecule has 0 radical (unpaired) electrons. The Labute approximate surface area is 208 Å². The highest BCUT2D eigenvalue weighted by molar-refractivity contribution is 6.01. The quantitative estimate of drug-likeness (QED) is 0.331. The van der Waals surface area contributed by atoms with Crippen LogP contribution in [0.2, 0.25) is 0 Å². The maximum absolute atomic E-state index is 5.87. The number of likely N-dealkylation sites (N-methyl/N-ethyl adjacent to an activating group) is 1. The lowest BCUT2D eigenvalue weighted by atomic mass is 10.0. The predicted molar refractivity (Wildman–Crippen MR) is 142 cm³/mol. The first-order chi connectivity index (χ1) is 17.7. The number of hydrogen-bond acceptors (Lipinski definition) is 6. The molecule has 0 unspecified atom stereocenters. The molecule has 0 saturated carbocycles. The summed E-state index contributed by atoms with van der Waals surface area (Å²) in [5, 5.41) is 9.72. The number of H-pyrrole nitrogens is 2. The summed E-state index contributed by atoms with van der Waals surface area (Å²) in [4.78, 5) is 18.9. The van der Waals surface area contributed by atoms with Crippen LogP contribution in [0.25, 0.3) is 55.6 Å². The molecule has 2 N–H and O–H groups in total. The molecule has 8 heteroatoms. The van der Waals surface area contributed by atoms with Crippen molar-refractivity contribution in [2.24, 2.45) is 0 Å². The molecular weight excluding hydrogens is 450 g/mol. The van der Waals surface area contributed by atoms with Crippen LogP contribution in [0.5, 0.6) is 5.75 Å². The van der Waals surface area contributed by atoms with E-state index in [2.05, 4.69) is 65.4 Å². The average molecular weight is 476 g/mol. The summed E-state index contributed by atoms with van der Waals surface area (Å²) in [6.45, 7) is 1.44. The number of nitrogens with zero attached hydrogens (tertiary/aromatic N) is 5. The SMILES string of the molecule is CN(C)CCOc1cncc(-c2cnc3[nH]nc(-c4cc5c(-c6cccnc6)cccc5[nH]4)c3c2)c1. The standard InChI is InChI=1S/C28H25N7O/c1-35(2)9-10-36-21-11-19(15-30-17-21)20-12-24-27(33-34-28(24)31-16-20)26-13-23-22(6-3-7-25(23)32-26)18-5-4-8-29-14-18/h3-8,11-17,32H,9-10H2,1-2H3,(H,31,33,34). The molecule has 0 aliphatic rings. The first-order valence-electron chi connectivity index (χ1n) is 11.8. The van der Waals surface area contributed by atoms with Gasteiger partial charge in [0.2, 0.25) is 0 Å². The molecule has 0 amide bonds. The van der Waals surface area contributed by atoms with Gasteiger partial charge in [0, 0.05) is 64.3 Å².